The van der Waals surface area contributed by atoms with Crippen molar-refractivity contribution in [3.8, 4) is 5.75 Å². The maximum atomic E-state index is 8.07. The SMILES string of the molecule is [N-]=[N+]=NCCCCCOc1ccc(Br)cc1. The van der Waals surface area contributed by atoms with Gasteiger partial charge in [-0.1, -0.05) is 21.0 Å². The summed E-state index contributed by atoms with van der Waals surface area (Å²) in [6, 6.07) is 7.78. The lowest BCUT2D eigenvalue weighted by Crippen LogP contribution is -1.97. The number of halogens is 1. The zero-order valence-electron chi connectivity index (χ0n) is 8.97. The molecule has 5 heteroatoms. The molecule has 0 unspecified atom stereocenters. The molecule has 0 spiro atoms. The summed E-state index contributed by atoms with van der Waals surface area (Å²) in [5, 5.41) is 3.47. The summed E-state index contributed by atoms with van der Waals surface area (Å²) in [6.45, 7) is 1.28. The van der Waals surface area contributed by atoms with Crippen LogP contribution in [0.25, 0.3) is 10.4 Å². The van der Waals surface area contributed by atoms with Crippen molar-refractivity contribution in [2.75, 3.05) is 13.2 Å². The smallest absolute Gasteiger partial charge is 0.119 e. The first-order chi connectivity index (χ1) is 7.83. The lowest BCUT2D eigenvalue weighted by Gasteiger charge is -2.05. The second-order valence-corrected chi connectivity index (χ2v) is 4.23. The minimum atomic E-state index is 0.578. The standard InChI is InChI=1S/C11H14BrN3O/c12-10-4-6-11(7-5-10)16-9-3-1-2-8-14-15-13/h4-7H,1-3,8-9H2. The van der Waals surface area contributed by atoms with Crippen molar-refractivity contribution < 1.29 is 4.74 Å². The summed E-state index contributed by atoms with van der Waals surface area (Å²) in [7, 11) is 0. The van der Waals surface area contributed by atoms with Gasteiger partial charge in [0.05, 0.1) is 6.61 Å². The molecule has 0 aromatic heterocycles. The minimum Gasteiger partial charge on any atom is -0.494 e. The molecule has 16 heavy (non-hydrogen) atoms. The highest BCUT2D eigenvalue weighted by Crippen LogP contribution is 2.16. The molecule has 1 aromatic rings. The van der Waals surface area contributed by atoms with Gasteiger partial charge in [0, 0.05) is 15.9 Å². The second-order valence-electron chi connectivity index (χ2n) is 3.32. The molecule has 0 bridgehead atoms. The molecular weight excluding hydrogens is 270 g/mol. The third-order valence-electron chi connectivity index (χ3n) is 2.05. The van der Waals surface area contributed by atoms with E-state index < -0.39 is 0 Å². The van der Waals surface area contributed by atoms with Crippen molar-refractivity contribution in [2.24, 2.45) is 5.11 Å². The van der Waals surface area contributed by atoms with Gasteiger partial charge in [0.1, 0.15) is 5.75 Å². The topological polar surface area (TPSA) is 58.0 Å². The van der Waals surface area contributed by atoms with E-state index in [1.807, 2.05) is 24.3 Å². The normalized spacial score (nSPS) is 9.56. The average Bonchev–Trinajstić information content (AvgIpc) is 2.30. The van der Waals surface area contributed by atoms with Crippen molar-refractivity contribution in [1.29, 1.82) is 0 Å². The molecule has 0 saturated heterocycles. The zero-order valence-corrected chi connectivity index (χ0v) is 10.6. The average molecular weight is 284 g/mol. The molecule has 0 aliphatic rings. The molecule has 0 aliphatic carbocycles. The first-order valence-electron chi connectivity index (χ1n) is 5.22. The molecule has 1 rings (SSSR count). The van der Waals surface area contributed by atoms with E-state index in [2.05, 4.69) is 26.0 Å². The van der Waals surface area contributed by atoms with E-state index in [0.717, 1.165) is 29.5 Å². The van der Waals surface area contributed by atoms with Crippen molar-refractivity contribution in [3.63, 3.8) is 0 Å². The van der Waals surface area contributed by atoms with Crippen LogP contribution in [0.2, 0.25) is 0 Å². The summed E-state index contributed by atoms with van der Waals surface area (Å²) >= 11 is 3.37. The molecule has 4 nitrogen and oxygen atoms in total. The summed E-state index contributed by atoms with van der Waals surface area (Å²) in [5.41, 5.74) is 8.07. The molecule has 0 N–H and O–H groups in total. The van der Waals surface area contributed by atoms with Gasteiger partial charge in [0.25, 0.3) is 0 Å². The molecule has 1 aromatic carbocycles. The van der Waals surface area contributed by atoms with Gasteiger partial charge in [-0.2, -0.15) is 0 Å². The van der Waals surface area contributed by atoms with Gasteiger partial charge in [0.2, 0.25) is 0 Å². The lowest BCUT2D eigenvalue weighted by atomic mass is 10.2. The van der Waals surface area contributed by atoms with Gasteiger partial charge in [0.15, 0.2) is 0 Å². The Hall–Kier alpha value is -1.19. The van der Waals surface area contributed by atoms with Crippen LogP contribution >= 0.6 is 15.9 Å². The van der Waals surface area contributed by atoms with E-state index in [4.69, 9.17) is 10.3 Å². The summed E-state index contributed by atoms with van der Waals surface area (Å²) < 4.78 is 6.59. The monoisotopic (exact) mass is 283 g/mol. The largest absolute Gasteiger partial charge is 0.494 e. The Labute approximate surface area is 103 Å². The molecule has 0 aliphatic heterocycles. The van der Waals surface area contributed by atoms with Crippen LogP contribution in [0.15, 0.2) is 33.9 Å². The fraction of sp³-hybridized carbons (Fsp3) is 0.455. The Balaban J connectivity index is 2.07. The molecule has 0 fully saturated rings. The minimum absolute atomic E-state index is 0.578. The molecule has 0 atom stereocenters. The maximum Gasteiger partial charge on any atom is 0.119 e. The number of nitrogens with zero attached hydrogens (tertiary/aromatic N) is 3. The predicted molar refractivity (Wildman–Crippen MR) is 67.5 cm³/mol. The van der Waals surface area contributed by atoms with E-state index >= 15 is 0 Å². The summed E-state index contributed by atoms with van der Waals surface area (Å²) in [6.07, 6.45) is 2.93. The first kappa shape index (κ1) is 12.9. The highest BCUT2D eigenvalue weighted by atomic mass is 79.9. The van der Waals surface area contributed by atoms with Gasteiger partial charge >= 0.3 is 0 Å². The number of ether oxygens (including phenoxy) is 1. The Morgan fingerprint density at radius 2 is 1.94 bits per heavy atom. The van der Waals surface area contributed by atoms with Gasteiger partial charge in [-0.3, -0.25) is 0 Å². The number of hydrogen-bond donors (Lipinski definition) is 0. The summed E-state index contributed by atoms with van der Waals surface area (Å²) in [5.74, 6) is 0.887. The second kappa shape index (κ2) is 8.02. The van der Waals surface area contributed by atoms with E-state index in [1.54, 1.807) is 0 Å². The Bertz CT molecular complexity index is 347. The van der Waals surface area contributed by atoms with Crippen molar-refractivity contribution >= 4 is 15.9 Å². The first-order valence-corrected chi connectivity index (χ1v) is 6.01. The van der Waals surface area contributed by atoms with Crippen LogP contribution in [0.1, 0.15) is 19.3 Å². The summed E-state index contributed by atoms with van der Waals surface area (Å²) in [4.78, 5) is 2.70. The maximum absolute atomic E-state index is 8.07. The Morgan fingerprint density at radius 3 is 2.62 bits per heavy atom. The van der Waals surface area contributed by atoms with Gasteiger partial charge in [-0.25, -0.2) is 0 Å². The quantitative estimate of drug-likeness (QED) is 0.318. The van der Waals surface area contributed by atoms with Crippen LogP contribution in [-0.2, 0) is 0 Å². The van der Waals surface area contributed by atoms with Gasteiger partial charge in [-0.15, -0.1) is 0 Å². The van der Waals surface area contributed by atoms with E-state index in [1.165, 1.54) is 0 Å². The number of azide groups is 1. The Kier molecular flexibility index (Phi) is 6.45. The van der Waals surface area contributed by atoms with Crippen LogP contribution in [0, 0.1) is 0 Å². The fourth-order valence-corrected chi connectivity index (χ4v) is 1.49. The van der Waals surface area contributed by atoms with E-state index in [9.17, 15) is 0 Å². The zero-order chi connectivity index (χ0) is 11.6. The third-order valence-corrected chi connectivity index (χ3v) is 2.58. The molecule has 0 saturated carbocycles. The van der Waals surface area contributed by atoms with Crippen molar-refractivity contribution in [2.45, 2.75) is 19.3 Å². The lowest BCUT2D eigenvalue weighted by molar-refractivity contribution is 0.305. The molecule has 0 amide bonds. The molecule has 0 heterocycles. The van der Waals surface area contributed by atoms with Crippen LogP contribution in [0.5, 0.6) is 5.75 Å². The van der Waals surface area contributed by atoms with Crippen LogP contribution in [0.3, 0.4) is 0 Å². The van der Waals surface area contributed by atoms with E-state index in [-0.39, 0.29) is 0 Å². The number of unbranched alkanes of at least 4 members (excludes halogenated alkanes) is 2. The third kappa shape index (κ3) is 5.63. The molecule has 86 valence electrons. The van der Waals surface area contributed by atoms with Crippen LogP contribution < -0.4 is 4.74 Å². The molecular formula is C11H14BrN3O. The Morgan fingerprint density at radius 1 is 1.19 bits per heavy atom. The highest BCUT2D eigenvalue weighted by molar-refractivity contribution is 9.10. The highest BCUT2D eigenvalue weighted by Gasteiger charge is 1.93. The van der Waals surface area contributed by atoms with Gasteiger partial charge < -0.3 is 4.74 Å². The van der Waals surface area contributed by atoms with Crippen LogP contribution in [-0.4, -0.2) is 13.2 Å². The molecule has 0 radical (unpaired) electrons. The van der Waals surface area contributed by atoms with Gasteiger partial charge in [-0.05, 0) is 49.1 Å². The van der Waals surface area contributed by atoms with E-state index in [0.29, 0.717) is 13.2 Å². The predicted octanol–water partition coefficient (Wildman–Crippen LogP) is 4.31. The van der Waals surface area contributed by atoms with Crippen molar-refractivity contribution in [3.05, 3.63) is 39.2 Å². The number of hydrogen-bond acceptors (Lipinski definition) is 2. The fourth-order valence-electron chi connectivity index (χ4n) is 1.23. The van der Waals surface area contributed by atoms with Crippen molar-refractivity contribution in [1.82, 2.24) is 0 Å². The number of rotatable bonds is 7. The van der Waals surface area contributed by atoms with Crippen LogP contribution in [0.4, 0.5) is 0 Å². The number of benzene rings is 1.